The summed E-state index contributed by atoms with van der Waals surface area (Å²) in [5, 5.41) is 10.2. The van der Waals surface area contributed by atoms with Gasteiger partial charge in [-0.15, -0.1) is 0 Å². The molecule has 2 aromatic carbocycles. The Balaban J connectivity index is 1.39. The minimum absolute atomic E-state index is 0.0449. The number of carbonyl (C=O) groups excluding carboxylic acids is 1. The van der Waals surface area contributed by atoms with Gasteiger partial charge in [-0.3, -0.25) is 14.7 Å². The van der Waals surface area contributed by atoms with Crippen LogP contribution in [-0.4, -0.2) is 64.1 Å². The number of hydrogen-bond acceptors (Lipinski definition) is 4. The second kappa shape index (κ2) is 9.41. The number of fused-ring (bicyclic) bond motifs is 1. The molecule has 1 amide bonds. The lowest BCUT2D eigenvalue weighted by molar-refractivity contribution is -0.0606. The molecule has 0 spiro atoms. The number of benzene rings is 2. The van der Waals surface area contributed by atoms with Crippen molar-refractivity contribution in [3.8, 4) is 11.1 Å². The number of amides is 1. The topological polar surface area (TPSA) is 56.7 Å². The van der Waals surface area contributed by atoms with Crippen LogP contribution in [0.2, 0.25) is 0 Å². The van der Waals surface area contributed by atoms with E-state index in [1.54, 1.807) is 18.3 Å². The van der Waals surface area contributed by atoms with E-state index in [0.29, 0.717) is 18.7 Å². The van der Waals surface area contributed by atoms with Gasteiger partial charge in [0.05, 0.1) is 6.61 Å². The number of hydrogen-bond donors (Lipinski definition) is 1. The average Bonchev–Trinajstić information content (AvgIpc) is 2.83. The maximum atomic E-state index is 13.7. The zero-order chi connectivity index (χ0) is 22.8. The highest BCUT2D eigenvalue weighted by Crippen LogP contribution is 2.42. The number of carbonyl (C=O) groups is 1. The van der Waals surface area contributed by atoms with E-state index in [2.05, 4.69) is 34.1 Å². The average molecular weight is 446 g/mol. The number of halogens is 1. The van der Waals surface area contributed by atoms with Crippen molar-refractivity contribution in [3.63, 3.8) is 0 Å². The molecule has 6 heteroatoms. The first-order valence-electron chi connectivity index (χ1n) is 11.6. The van der Waals surface area contributed by atoms with Gasteiger partial charge in [-0.25, -0.2) is 4.39 Å². The van der Waals surface area contributed by atoms with Crippen LogP contribution >= 0.6 is 0 Å². The first-order valence-corrected chi connectivity index (χ1v) is 11.6. The lowest BCUT2D eigenvalue weighted by Gasteiger charge is -2.57. The first kappa shape index (κ1) is 21.7. The molecule has 0 aliphatic carbocycles. The fraction of sp³-hybridized carbons (Fsp3) is 0.333. The monoisotopic (exact) mass is 445 g/mol. The molecule has 0 bridgehead atoms. The van der Waals surface area contributed by atoms with Crippen molar-refractivity contribution in [3.05, 3.63) is 90.0 Å². The summed E-state index contributed by atoms with van der Waals surface area (Å²) in [6.07, 6.45) is 5.47. The van der Waals surface area contributed by atoms with E-state index >= 15 is 0 Å². The van der Waals surface area contributed by atoms with Crippen LogP contribution in [0.4, 0.5) is 4.39 Å². The van der Waals surface area contributed by atoms with E-state index < -0.39 is 5.82 Å². The normalized spacial score (nSPS) is 23.2. The summed E-state index contributed by atoms with van der Waals surface area (Å²) < 4.78 is 13.7. The van der Waals surface area contributed by atoms with Gasteiger partial charge in [-0.05, 0) is 60.3 Å². The summed E-state index contributed by atoms with van der Waals surface area (Å²) >= 11 is 0. The highest BCUT2D eigenvalue weighted by Gasteiger charge is 2.49. The van der Waals surface area contributed by atoms with E-state index in [9.17, 15) is 14.3 Å². The highest BCUT2D eigenvalue weighted by molar-refractivity contribution is 5.94. The molecule has 5 nitrogen and oxygen atoms in total. The van der Waals surface area contributed by atoms with Crippen LogP contribution in [0.3, 0.4) is 0 Å². The summed E-state index contributed by atoms with van der Waals surface area (Å²) in [6.45, 7) is 2.24. The van der Waals surface area contributed by atoms with Crippen LogP contribution < -0.4 is 0 Å². The molecule has 1 N–H and O–H groups in total. The lowest BCUT2D eigenvalue weighted by atomic mass is 9.74. The minimum atomic E-state index is -0.398. The van der Waals surface area contributed by atoms with Gasteiger partial charge in [0, 0.05) is 49.0 Å². The van der Waals surface area contributed by atoms with Gasteiger partial charge in [-0.1, -0.05) is 36.4 Å². The van der Waals surface area contributed by atoms with E-state index in [4.69, 9.17) is 0 Å². The van der Waals surface area contributed by atoms with E-state index in [1.807, 2.05) is 23.2 Å². The summed E-state index contributed by atoms with van der Waals surface area (Å²) in [6, 6.07) is 18.5. The number of aromatic nitrogens is 1. The van der Waals surface area contributed by atoms with Crippen LogP contribution in [0.5, 0.6) is 0 Å². The second-order valence-corrected chi connectivity index (χ2v) is 8.91. The predicted octanol–water partition coefficient (Wildman–Crippen LogP) is 3.95. The smallest absolute Gasteiger partial charge is 0.254 e. The molecule has 0 radical (unpaired) electrons. The Bertz CT molecular complexity index is 1110. The van der Waals surface area contributed by atoms with Crippen LogP contribution in [0.25, 0.3) is 11.1 Å². The third-order valence-electron chi connectivity index (χ3n) is 7.02. The maximum absolute atomic E-state index is 13.7. The Morgan fingerprint density at radius 1 is 1.03 bits per heavy atom. The van der Waals surface area contributed by atoms with Gasteiger partial charge in [0.1, 0.15) is 5.82 Å². The van der Waals surface area contributed by atoms with Crippen molar-refractivity contribution in [2.24, 2.45) is 0 Å². The highest BCUT2D eigenvalue weighted by atomic mass is 19.1. The number of aliphatic hydroxyl groups excluding tert-OH is 1. The SMILES string of the molecule is O=C(c1cccc(F)c1)N1CCCCN2[C@H](CO)[C@@H](c3ccc(-c4cccnc4)cc3)[C@H]2C1. The number of pyridine rings is 1. The van der Waals surface area contributed by atoms with Crippen molar-refractivity contribution >= 4 is 5.91 Å². The molecule has 2 aliphatic heterocycles. The Labute approximate surface area is 193 Å². The molecule has 2 saturated heterocycles. The summed E-state index contributed by atoms with van der Waals surface area (Å²) in [7, 11) is 0. The van der Waals surface area contributed by atoms with Crippen molar-refractivity contribution in [2.75, 3.05) is 26.2 Å². The predicted molar refractivity (Wildman–Crippen MR) is 125 cm³/mol. The van der Waals surface area contributed by atoms with Crippen LogP contribution in [0.15, 0.2) is 73.1 Å². The number of aliphatic hydroxyl groups is 1. The lowest BCUT2D eigenvalue weighted by Crippen LogP contribution is -2.67. The van der Waals surface area contributed by atoms with Crippen LogP contribution in [0.1, 0.15) is 34.7 Å². The third kappa shape index (κ3) is 4.28. The third-order valence-corrected chi connectivity index (χ3v) is 7.02. The molecule has 3 aromatic rings. The molecule has 0 unspecified atom stereocenters. The van der Waals surface area contributed by atoms with Crippen molar-refractivity contribution < 1.29 is 14.3 Å². The summed E-state index contributed by atoms with van der Waals surface area (Å²) in [5.41, 5.74) is 3.72. The Hall–Kier alpha value is -3.09. The largest absolute Gasteiger partial charge is 0.395 e. The maximum Gasteiger partial charge on any atom is 0.254 e. The van der Waals surface area contributed by atoms with Crippen molar-refractivity contribution in [1.29, 1.82) is 0 Å². The molecule has 33 heavy (non-hydrogen) atoms. The molecule has 1 aromatic heterocycles. The van der Waals surface area contributed by atoms with Gasteiger partial charge in [-0.2, -0.15) is 0 Å². The fourth-order valence-electron chi connectivity index (χ4n) is 5.36. The van der Waals surface area contributed by atoms with Crippen molar-refractivity contribution in [1.82, 2.24) is 14.8 Å². The molecular formula is C27H28FN3O2. The van der Waals surface area contributed by atoms with Gasteiger partial charge < -0.3 is 10.0 Å². The summed E-state index contributed by atoms with van der Waals surface area (Å²) in [5.74, 6) is -0.390. The molecule has 3 heterocycles. The Morgan fingerprint density at radius 2 is 1.85 bits per heavy atom. The van der Waals surface area contributed by atoms with E-state index in [0.717, 1.165) is 30.5 Å². The van der Waals surface area contributed by atoms with Crippen LogP contribution in [0, 0.1) is 5.82 Å². The van der Waals surface area contributed by atoms with Crippen LogP contribution in [-0.2, 0) is 0 Å². The van der Waals surface area contributed by atoms with E-state index in [1.165, 1.54) is 17.7 Å². The second-order valence-electron chi connectivity index (χ2n) is 8.91. The van der Waals surface area contributed by atoms with Gasteiger partial charge in [0.2, 0.25) is 0 Å². The quantitative estimate of drug-likeness (QED) is 0.661. The Morgan fingerprint density at radius 3 is 2.58 bits per heavy atom. The van der Waals surface area contributed by atoms with E-state index in [-0.39, 0.29) is 30.5 Å². The first-order chi connectivity index (χ1) is 16.2. The number of nitrogens with zero attached hydrogens (tertiary/aromatic N) is 3. The fourth-order valence-corrected chi connectivity index (χ4v) is 5.36. The standard InChI is InChI=1S/C27H28FN3O2/c28-23-7-3-5-21(15-23)27(33)30-13-1-2-14-31-24(17-30)26(25(31)18-32)20-10-8-19(9-11-20)22-6-4-12-29-16-22/h3-12,15-16,24-26,32H,1-2,13-14,17-18H2/t24-,25-,26+/m1/s1. The Kier molecular flexibility index (Phi) is 6.20. The van der Waals surface area contributed by atoms with Gasteiger partial charge in [0.15, 0.2) is 0 Å². The zero-order valence-electron chi connectivity index (χ0n) is 18.5. The molecule has 170 valence electrons. The molecule has 3 atom stereocenters. The van der Waals surface area contributed by atoms with Gasteiger partial charge >= 0.3 is 0 Å². The molecular weight excluding hydrogens is 417 g/mol. The molecule has 5 rings (SSSR count). The molecule has 2 aliphatic rings. The molecule has 2 fully saturated rings. The molecule has 0 saturated carbocycles. The summed E-state index contributed by atoms with van der Waals surface area (Å²) in [4.78, 5) is 21.6. The minimum Gasteiger partial charge on any atom is -0.395 e. The van der Waals surface area contributed by atoms with Gasteiger partial charge in [0.25, 0.3) is 5.91 Å². The van der Waals surface area contributed by atoms with Crippen molar-refractivity contribution in [2.45, 2.75) is 30.8 Å². The zero-order valence-corrected chi connectivity index (χ0v) is 18.5. The number of rotatable bonds is 4.